The number of aromatic amines is 1. The van der Waals surface area contributed by atoms with Crippen LogP contribution in [0.3, 0.4) is 0 Å². The van der Waals surface area contributed by atoms with Crippen molar-refractivity contribution < 1.29 is 24.1 Å². The number of carbonyl (C=O) groups excluding carboxylic acids is 1. The molecule has 1 aromatic heterocycles. The Hall–Kier alpha value is -3.42. The molecule has 1 amide bonds. The van der Waals surface area contributed by atoms with Gasteiger partial charge < -0.3 is 24.6 Å². The zero-order valence-corrected chi connectivity index (χ0v) is 20.6. The van der Waals surface area contributed by atoms with Gasteiger partial charge in [0.15, 0.2) is 11.5 Å². The molecule has 10 heteroatoms. The van der Waals surface area contributed by atoms with Gasteiger partial charge in [-0.2, -0.15) is 23.0 Å². The first-order valence-corrected chi connectivity index (χ1v) is 11.0. The molecule has 0 radical (unpaired) electrons. The Morgan fingerprint density at radius 1 is 1.21 bits per heavy atom. The first-order valence-electron chi connectivity index (χ1n) is 10.5. The molecule has 180 valence electrons. The lowest BCUT2D eigenvalue weighted by Crippen LogP contribution is -2.49. The molecule has 0 aliphatic heterocycles. The Labute approximate surface area is 203 Å². The van der Waals surface area contributed by atoms with Gasteiger partial charge in [0.1, 0.15) is 11.6 Å². The predicted molar refractivity (Wildman–Crippen MR) is 131 cm³/mol. The van der Waals surface area contributed by atoms with Gasteiger partial charge in [-0.1, -0.05) is 6.07 Å². The van der Waals surface area contributed by atoms with Crippen molar-refractivity contribution in [1.82, 2.24) is 15.5 Å². The number of amides is 1. The molecule has 9 nitrogen and oxygen atoms in total. The lowest BCUT2D eigenvalue weighted by atomic mass is 9.95. The van der Waals surface area contributed by atoms with Crippen molar-refractivity contribution in [2.24, 2.45) is 5.92 Å². The van der Waals surface area contributed by atoms with Gasteiger partial charge in [-0.3, -0.25) is 9.89 Å². The van der Waals surface area contributed by atoms with Gasteiger partial charge in [-0.25, -0.2) is 0 Å². The minimum atomic E-state index is -1.07. The number of fused-ring (bicyclic) bond motifs is 1. The minimum absolute atomic E-state index is 0.257. The zero-order valence-electron chi connectivity index (χ0n) is 19.7. The molecule has 0 bridgehead atoms. The number of nitrogens with one attached hydrogen (secondary N) is 2. The Morgan fingerprint density at radius 3 is 2.38 bits per heavy atom. The Morgan fingerprint density at radius 2 is 1.85 bits per heavy atom. The molecule has 0 aliphatic rings. The van der Waals surface area contributed by atoms with Crippen LogP contribution < -0.4 is 19.5 Å². The fraction of sp³-hybridized carbons (Fsp3) is 0.375. The van der Waals surface area contributed by atoms with Gasteiger partial charge >= 0.3 is 0 Å². The fourth-order valence-corrected chi connectivity index (χ4v) is 3.93. The summed E-state index contributed by atoms with van der Waals surface area (Å²) in [6.45, 7) is 3.09. The highest BCUT2D eigenvalue weighted by molar-refractivity contribution is 7.80. The number of aliphatic hydroxyl groups is 1. The molecule has 34 heavy (non-hydrogen) atoms. The van der Waals surface area contributed by atoms with Crippen LogP contribution in [0.4, 0.5) is 0 Å². The van der Waals surface area contributed by atoms with Crippen molar-refractivity contribution in [3.63, 3.8) is 0 Å². The van der Waals surface area contributed by atoms with Crippen molar-refractivity contribution in [1.29, 1.82) is 5.26 Å². The third-order valence-electron chi connectivity index (χ3n) is 5.46. The molecule has 0 saturated carbocycles. The highest BCUT2D eigenvalue weighted by Crippen LogP contribution is 2.42. The molecule has 0 fully saturated rings. The largest absolute Gasteiger partial charge is 0.493 e. The molecule has 0 aliphatic carbocycles. The van der Waals surface area contributed by atoms with E-state index < -0.39 is 22.6 Å². The molecule has 3 aromatic rings. The smallest absolute Gasteiger partial charge is 0.239 e. The van der Waals surface area contributed by atoms with E-state index in [-0.39, 0.29) is 6.61 Å². The van der Waals surface area contributed by atoms with E-state index in [9.17, 15) is 15.2 Å². The summed E-state index contributed by atoms with van der Waals surface area (Å²) < 4.78 is 16.3. The maximum atomic E-state index is 12.7. The van der Waals surface area contributed by atoms with Crippen LogP contribution in [0.15, 0.2) is 30.3 Å². The van der Waals surface area contributed by atoms with E-state index in [0.29, 0.717) is 28.5 Å². The quantitative estimate of drug-likeness (QED) is 0.343. The highest BCUT2D eigenvalue weighted by atomic mass is 32.1. The normalized spacial score (nSPS) is 13.1. The first kappa shape index (κ1) is 25.2. The van der Waals surface area contributed by atoms with Crippen LogP contribution >= 0.6 is 12.6 Å². The number of carbonyl (C=O) groups is 1. The zero-order chi connectivity index (χ0) is 25.0. The summed E-state index contributed by atoms with van der Waals surface area (Å²) in [5, 5.41) is 29.4. The number of nitriles is 1. The number of benzene rings is 2. The van der Waals surface area contributed by atoms with Crippen molar-refractivity contribution >= 4 is 29.4 Å². The Balaban J connectivity index is 2.03. The monoisotopic (exact) mass is 484 g/mol. The van der Waals surface area contributed by atoms with Gasteiger partial charge in [0, 0.05) is 10.9 Å². The van der Waals surface area contributed by atoms with Gasteiger partial charge in [-0.05, 0) is 43.7 Å². The van der Waals surface area contributed by atoms with Crippen molar-refractivity contribution in [3.05, 3.63) is 35.9 Å². The van der Waals surface area contributed by atoms with E-state index in [1.807, 2.05) is 18.2 Å². The standard InChI is InChI=1S/C24H28N4O5S/c1-24(2,12-29)26-23(30)16(11-25)22(34)13-6-7-17-15(8-13)20(28-27-17)14-9-18(31-3)21(33-5)19(10-14)32-4/h6-10,16,22,29,34H,12H2,1-5H3,(H,26,30)(H,27,28)/t16-,22+/m1/s1. The fourth-order valence-electron chi connectivity index (χ4n) is 3.57. The number of aromatic nitrogens is 2. The highest BCUT2D eigenvalue weighted by Gasteiger charge is 2.31. The lowest BCUT2D eigenvalue weighted by Gasteiger charge is -2.26. The number of ether oxygens (including phenoxy) is 3. The molecule has 0 unspecified atom stereocenters. The number of methoxy groups -OCH3 is 3. The second-order valence-corrected chi connectivity index (χ2v) is 8.93. The summed E-state index contributed by atoms with van der Waals surface area (Å²) in [5.41, 5.74) is 1.96. The van der Waals surface area contributed by atoms with E-state index in [4.69, 9.17) is 14.2 Å². The number of aliphatic hydroxyl groups excluding tert-OH is 1. The average Bonchev–Trinajstić information content (AvgIpc) is 3.26. The number of rotatable bonds is 9. The van der Waals surface area contributed by atoms with Crippen LogP contribution in [0.1, 0.15) is 24.7 Å². The van der Waals surface area contributed by atoms with Crippen molar-refractivity contribution in [2.75, 3.05) is 27.9 Å². The summed E-state index contributed by atoms with van der Waals surface area (Å²) >= 11 is 4.60. The number of nitrogens with zero attached hydrogens (tertiary/aromatic N) is 2. The van der Waals surface area contributed by atoms with Gasteiger partial charge in [0.2, 0.25) is 11.7 Å². The maximum absolute atomic E-state index is 12.7. The van der Waals surface area contributed by atoms with E-state index in [2.05, 4.69) is 28.1 Å². The molecular weight excluding hydrogens is 456 g/mol. The lowest BCUT2D eigenvalue weighted by molar-refractivity contribution is -0.125. The van der Waals surface area contributed by atoms with E-state index in [1.54, 1.807) is 46.3 Å². The van der Waals surface area contributed by atoms with Crippen LogP contribution in [0, 0.1) is 17.2 Å². The maximum Gasteiger partial charge on any atom is 0.239 e. The molecule has 0 spiro atoms. The summed E-state index contributed by atoms with van der Waals surface area (Å²) in [6.07, 6.45) is 0. The minimum Gasteiger partial charge on any atom is -0.493 e. The molecule has 1 heterocycles. The SMILES string of the molecule is COc1cc(-c2n[nH]c3ccc([C@H](S)[C@@H](C#N)C(=O)NC(C)(C)CO)cc23)cc(OC)c1OC. The summed E-state index contributed by atoms with van der Waals surface area (Å²) in [7, 11) is 4.61. The van der Waals surface area contributed by atoms with Crippen LogP contribution in [0.2, 0.25) is 0 Å². The summed E-state index contributed by atoms with van der Waals surface area (Å²) in [4.78, 5) is 12.7. The van der Waals surface area contributed by atoms with E-state index >= 15 is 0 Å². The number of thiol groups is 1. The van der Waals surface area contributed by atoms with Crippen molar-refractivity contribution in [3.8, 4) is 34.6 Å². The second-order valence-electron chi connectivity index (χ2n) is 8.37. The Bertz CT molecular complexity index is 1210. The molecular formula is C24H28N4O5S. The Kier molecular flexibility index (Phi) is 7.59. The second kappa shape index (κ2) is 10.2. The number of hydrogen-bond donors (Lipinski definition) is 4. The van der Waals surface area contributed by atoms with Crippen LogP contribution in [0.25, 0.3) is 22.2 Å². The number of hydrogen-bond acceptors (Lipinski definition) is 8. The van der Waals surface area contributed by atoms with E-state index in [1.165, 1.54) is 7.11 Å². The average molecular weight is 485 g/mol. The van der Waals surface area contributed by atoms with E-state index in [0.717, 1.165) is 16.5 Å². The molecule has 2 aromatic carbocycles. The van der Waals surface area contributed by atoms with Crippen molar-refractivity contribution in [2.45, 2.75) is 24.6 Å². The van der Waals surface area contributed by atoms with Gasteiger partial charge in [0.05, 0.1) is 50.3 Å². The van der Waals surface area contributed by atoms with Gasteiger partial charge in [-0.15, -0.1) is 0 Å². The summed E-state index contributed by atoms with van der Waals surface area (Å²) in [5.74, 6) is -0.118. The molecule has 2 atom stereocenters. The van der Waals surface area contributed by atoms with Gasteiger partial charge in [0.25, 0.3) is 0 Å². The third kappa shape index (κ3) is 4.90. The predicted octanol–water partition coefficient (Wildman–Crippen LogP) is 3.25. The summed E-state index contributed by atoms with van der Waals surface area (Å²) in [6, 6.07) is 11.1. The van der Waals surface area contributed by atoms with Crippen LogP contribution in [0.5, 0.6) is 17.2 Å². The van der Waals surface area contributed by atoms with Crippen LogP contribution in [-0.2, 0) is 4.79 Å². The molecule has 3 N–H and O–H groups in total. The first-order chi connectivity index (χ1) is 16.2. The number of H-pyrrole nitrogens is 1. The van der Waals surface area contributed by atoms with Crippen LogP contribution in [-0.4, -0.2) is 54.7 Å². The molecule has 3 rings (SSSR count). The topological polar surface area (TPSA) is 129 Å². The third-order valence-corrected chi connectivity index (χ3v) is 6.06. The molecule has 0 saturated heterocycles.